The third-order valence-electron chi connectivity index (χ3n) is 1.75. The summed E-state index contributed by atoms with van der Waals surface area (Å²) in [6.07, 6.45) is 3.98. The monoisotopic (exact) mass is 175 g/mol. The van der Waals surface area contributed by atoms with E-state index in [0.717, 1.165) is 25.7 Å². The quantitative estimate of drug-likeness (QED) is 0.615. The first-order valence-corrected chi connectivity index (χ1v) is 4.53. The largest absolute Gasteiger partial charge is 0.351 e. The van der Waals surface area contributed by atoms with Gasteiger partial charge in [-0.05, 0) is 6.42 Å². The molecule has 0 aliphatic carbocycles. The van der Waals surface area contributed by atoms with Crippen molar-refractivity contribution in [2.45, 2.75) is 45.6 Å². The Morgan fingerprint density at radius 2 is 2.17 bits per heavy atom. The second-order valence-corrected chi connectivity index (χ2v) is 3.05. The second-order valence-electron chi connectivity index (χ2n) is 3.05. The molecular formula is C9H18FNO. The van der Waals surface area contributed by atoms with Crippen LogP contribution in [0.1, 0.15) is 39.5 Å². The molecule has 0 heterocycles. The summed E-state index contributed by atoms with van der Waals surface area (Å²) in [6.45, 7) is 3.06. The maximum atomic E-state index is 12.2. The van der Waals surface area contributed by atoms with E-state index in [4.69, 9.17) is 0 Å². The molecular weight excluding hydrogens is 157 g/mol. The standard InChI is InChI=1S/C9H18FNO/c1-3-4-5-6-9(7-10)11-8(2)12/h9H,3-7H2,1-2H3,(H,11,12). The second kappa shape index (κ2) is 7.07. The number of halogens is 1. The summed E-state index contributed by atoms with van der Waals surface area (Å²) in [6, 6.07) is -0.269. The number of hydrogen-bond acceptors (Lipinski definition) is 1. The van der Waals surface area contributed by atoms with Gasteiger partial charge in [0.1, 0.15) is 6.67 Å². The molecule has 2 nitrogen and oxygen atoms in total. The molecule has 3 heteroatoms. The zero-order valence-corrected chi connectivity index (χ0v) is 7.90. The fraction of sp³-hybridized carbons (Fsp3) is 0.889. The summed E-state index contributed by atoms with van der Waals surface area (Å²) in [5, 5.41) is 2.57. The van der Waals surface area contributed by atoms with E-state index in [0.29, 0.717) is 0 Å². The van der Waals surface area contributed by atoms with Crippen LogP contribution < -0.4 is 5.32 Å². The summed E-state index contributed by atoms with van der Waals surface area (Å²) in [5.41, 5.74) is 0. The van der Waals surface area contributed by atoms with Gasteiger partial charge in [0.05, 0.1) is 6.04 Å². The lowest BCUT2D eigenvalue weighted by Crippen LogP contribution is -2.34. The number of nitrogens with one attached hydrogen (secondary N) is 1. The minimum absolute atomic E-state index is 0.144. The molecule has 0 saturated carbocycles. The van der Waals surface area contributed by atoms with Crippen molar-refractivity contribution in [2.75, 3.05) is 6.67 Å². The first kappa shape index (κ1) is 11.4. The highest BCUT2D eigenvalue weighted by molar-refractivity contribution is 5.73. The molecule has 0 spiro atoms. The fourth-order valence-corrected chi connectivity index (χ4v) is 1.12. The van der Waals surface area contributed by atoms with Crippen LogP contribution in [0.2, 0.25) is 0 Å². The van der Waals surface area contributed by atoms with Crippen molar-refractivity contribution in [3.63, 3.8) is 0 Å². The van der Waals surface area contributed by atoms with E-state index < -0.39 is 6.67 Å². The third-order valence-corrected chi connectivity index (χ3v) is 1.75. The molecule has 0 aliphatic rings. The average Bonchev–Trinajstić information content (AvgIpc) is 2.02. The van der Waals surface area contributed by atoms with Gasteiger partial charge in [-0.2, -0.15) is 0 Å². The van der Waals surface area contributed by atoms with Gasteiger partial charge in [-0.3, -0.25) is 4.79 Å². The van der Waals surface area contributed by atoms with Gasteiger partial charge in [0.2, 0.25) is 5.91 Å². The normalized spacial score (nSPS) is 12.6. The number of unbranched alkanes of at least 4 members (excludes halogenated alkanes) is 2. The highest BCUT2D eigenvalue weighted by Crippen LogP contribution is 2.03. The van der Waals surface area contributed by atoms with Crippen molar-refractivity contribution >= 4 is 5.91 Å². The number of hydrogen-bond donors (Lipinski definition) is 1. The number of carbonyl (C=O) groups is 1. The van der Waals surface area contributed by atoms with Crippen LogP contribution >= 0.6 is 0 Å². The van der Waals surface area contributed by atoms with Gasteiger partial charge >= 0.3 is 0 Å². The summed E-state index contributed by atoms with van der Waals surface area (Å²) < 4.78 is 12.2. The summed E-state index contributed by atoms with van der Waals surface area (Å²) in [5.74, 6) is -0.144. The molecule has 0 rings (SSSR count). The Kier molecular flexibility index (Phi) is 6.72. The molecule has 0 saturated heterocycles. The average molecular weight is 175 g/mol. The van der Waals surface area contributed by atoms with Gasteiger partial charge in [0.15, 0.2) is 0 Å². The number of carbonyl (C=O) groups excluding carboxylic acids is 1. The molecule has 72 valence electrons. The Balaban J connectivity index is 3.46. The minimum atomic E-state index is -0.455. The van der Waals surface area contributed by atoms with E-state index >= 15 is 0 Å². The van der Waals surface area contributed by atoms with E-state index in [1.807, 2.05) is 0 Å². The van der Waals surface area contributed by atoms with Crippen LogP contribution in [0.25, 0.3) is 0 Å². The lowest BCUT2D eigenvalue weighted by atomic mass is 10.1. The highest BCUT2D eigenvalue weighted by atomic mass is 19.1. The molecule has 0 fully saturated rings. The van der Waals surface area contributed by atoms with E-state index in [9.17, 15) is 9.18 Å². The Labute approximate surface area is 73.5 Å². The van der Waals surface area contributed by atoms with Crippen LogP contribution in [0.15, 0.2) is 0 Å². The van der Waals surface area contributed by atoms with Crippen molar-refractivity contribution in [3.05, 3.63) is 0 Å². The molecule has 0 aromatic rings. The lowest BCUT2D eigenvalue weighted by molar-refractivity contribution is -0.119. The first-order valence-electron chi connectivity index (χ1n) is 4.53. The molecule has 1 unspecified atom stereocenters. The molecule has 0 radical (unpaired) electrons. The highest BCUT2D eigenvalue weighted by Gasteiger charge is 2.07. The van der Waals surface area contributed by atoms with Crippen molar-refractivity contribution in [2.24, 2.45) is 0 Å². The SMILES string of the molecule is CCCCCC(CF)NC(C)=O. The fourth-order valence-electron chi connectivity index (χ4n) is 1.12. The Hall–Kier alpha value is -0.600. The first-order chi connectivity index (χ1) is 5.70. The Bertz CT molecular complexity index is 128. The van der Waals surface area contributed by atoms with Crippen molar-refractivity contribution in [1.29, 1.82) is 0 Å². The minimum Gasteiger partial charge on any atom is -0.351 e. The lowest BCUT2D eigenvalue weighted by Gasteiger charge is -2.13. The van der Waals surface area contributed by atoms with Crippen molar-refractivity contribution < 1.29 is 9.18 Å². The molecule has 1 N–H and O–H groups in total. The van der Waals surface area contributed by atoms with E-state index in [-0.39, 0.29) is 11.9 Å². The summed E-state index contributed by atoms with van der Waals surface area (Å²) in [4.78, 5) is 10.6. The zero-order valence-electron chi connectivity index (χ0n) is 7.90. The van der Waals surface area contributed by atoms with E-state index in [1.54, 1.807) is 0 Å². The molecule has 0 aliphatic heterocycles. The van der Waals surface area contributed by atoms with Crippen LogP contribution in [0.5, 0.6) is 0 Å². The van der Waals surface area contributed by atoms with Crippen LogP contribution in [0.3, 0.4) is 0 Å². The third kappa shape index (κ3) is 6.13. The van der Waals surface area contributed by atoms with E-state index in [1.165, 1.54) is 6.92 Å². The number of rotatable bonds is 6. The molecule has 1 amide bonds. The zero-order chi connectivity index (χ0) is 9.40. The Morgan fingerprint density at radius 1 is 1.50 bits per heavy atom. The summed E-state index contributed by atoms with van der Waals surface area (Å²) >= 11 is 0. The van der Waals surface area contributed by atoms with Gasteiger partial charge in [-0.25, -0.2) is 4.39 Å². The smallest absolute Gasteiger partial charge is 0.217 e. The maximum Gasteiger partial charge on any atom is 0.217 e. The molecule has 12 heavy (non-hydrogen) atoms. The van der Waals surface area contributed by atoms with Gasteiger partial charge in [-0.15, -0.1) is 0 Å². The van der Waals surface area contributed by atoms with Crippen LogP contribution in [0.4, 0.5) is 4.39 Å². The summed E-state index contributed by atoms with van der Waals surface area (Å²) in [7, 11) is 0. The maximum absolute atomic E-state index is 12.2. The predicted molar refractivity (Wildman–Crippen MR) is 47.7 cm³/mol. The topological polar surface area (TPSA) is 29.1 Å². The van der Waals surface area contributed by atoms with Crippen LogP contribution in [0, 0.1) is 0 Å². The molecule has 0 bridgehead atoms. The van der Waals surface area contributed by atoms with Crippen molar-refractivity contribution in [3.8, 4) is 0 Å². The van der Waals surface area contributed by atoms with Crippen molar-refractivity contribution in [1.82, 2.24) is 5.32 Å². The van der Waals surface area contributed by atoms with E-state index in [2.05, 4.69) is 12.2 Å². The van der Waals surface area contributed by atoms with Gasteiger partial charge in [0.25, 0.3) is 0 Å². The van der Waals surface area contributed by atoms with Crippen LogP contribution in [-0.4, -0.2) is 18.6 Å². The molecule has 1 atom stereocenters. The molecule has 0 aromatic heterocycles. The van der Waals surface area contributed by atoms with Gasteiger partial charge < -0.3 is 5.32 Å². The molecule has 0 aromatic carbocycles. The van der Waals surface area contributed by atoms with Crippen LogP contribution in [-0.2, 0) is 4.79 Å². The predicted octanol–water partition coefficient (Wildman–Crippen LogP) is 2.04. The Morgan fingerprint density at radius 3 is 2.58 bits per heavy atom. The number of alkyl halides is 1. The van der Waals surface area contributed by atoms with Gasteiger partial charge in [-0.1, -0.05) is 26.2 Å². The number of amides is 1. The van der Waals surface area contributed by atoms with Gasteiger partial charge in [0, 0.05) is 6.92 Å².